The molecule has 0 unspecified atom stereocenters. The number of hydrogen-bond donors (Lipinski definition) is 1. The van der Waals surface area contributed by atoms with E-state index in [2.05, 4.69) is 26.5 Å². The van der Waals surface area contributed by atoms with Crippen LogP contribution in [0.4, 0.5) is 0 Å². The summed E-state index contributed by atoms with van der Waals surface area (Å²) in [6.07, 6.45) is 1.44. The maximum absolute atomic E-state index is 11.9. The SMILES string of the molecule is O=C(N/N=C\c1ccc(-c2ccccc2Cl)o1)c1ccc(Br)cc1. The molecule has 4 nitrogen and oxygen atoms in total. The largest absolute Gasteiger partial charge is 0.455 e. The van der Waals surface area contributed by atoms with Crippen LogP contribution in [0.15, 0.2) is 74.7 Å². The average molecular weight is 404 g/mol. The molecule has 1 amide bonds. The highest BCUT2D eigenvalue weighted by Gasteiger charge is 2.07. The Bertz CT molecular complexity index is 888. The van der Waals surface area contributed by atoms with Crippen molar-refractivity contribution in [2.24, 2.45) is 5.10 Å². The van der Waals surface area contributed by atoms with Gasteiger partial charge in [0.05, 0.1) is 11.2 Å². The molecular weight excluding hydrogens is 392 g/mol. The van der Waals surface area contributed by atoms with Gasteiger partial charge in [0.2, 0.25) is 0 Å². The Kier molecular flexibility index (Phi) is 5.13. The third kappa shape index (κ3) is 3.93. The molecule has 0 fully saturated rings. The van der Waals surface area contributed by atoms with Crippen molar-refractivity contribution in [3.05, 3.63) is 81.5 Å². The summed E-state index contributed by atoms with van der Waals surface area (Å²) in [4.78, 5) is 11.9. The topological polar surface area (TPSA) is 54.6 Å². The van der Waals surface area contributed by atoms with Gasteiger partial charge in [-0.15, -0.1) is 0 Å². The zero-order valence-electron chi connectivity index (χ0n) is 12.4. The third-order valence-electron chi connectivity index (χ3n) is 3.23. The summed E-state index contributed by atoms with van der Waals surface area (Å²) in [5.41, 5.74) is 3.78. The van der Waals surface area contributed by atoms with Crippen molar-refractivity contribution in [2.45, 2.75) is 0 Å². The molecule has 0 aliphatic carbocycles. The van der Waals surface area contributed by atoms with Crippen molar-refractivity contribution in [1.82, 2.24) is 5.43 Å². The Labute approximate surface area is 152 Å². The van der Waals surface area contributed by atoms with Crippen LogP contribution in [-0.4, -0.2) is 12.1 Å². The molecule has 2 aromatic carbocycles. The molecule has 24 heavy (non-hydrogen) atoms. The van der Waals surface area contributed by atoms with Crippen LogP contribution in [0, 0.1) is 0 Å². The van der Waals surface area contributed by atoms with Gasteiger partial charge in [-0.2, -0.15) is 5.10 Å². The lowest BCUT2D eigenvalue weighted by atomic mass is 10.2. The number of carbonyl (C=O) groups excluding carboxylic acids is 1. The highest BCUT2D eigenvalue weighted by Crippen LogP contribution is 2.28. The van der Waals surface area contributed by atoms with Crippen molar-refractivity contribution >= 4 is 39.7 Å². The predicted molar refractivity (Wildman–Crippen MR) is 98.4 cm³/mol. The molecule has 0 aliphatic rings. The second kappa shape index (κ2) is 7.47. The number of halogens is 2. The van der Waals surface area contributed by atoms with E-state index < -0.39 is 0 Å². The summed E-state index contributed by atoms with van der Waals surface area (Å²) in [6.45, 7) is 0. The molecule has 0 radical (unpaired) electrons. The fourth-order valence-electron chi connectivity index (χ4n) is 2.05. The summed E-state index contributed by atoms with van der Waals surface area (Å²) in [6, 6.07) is 18.0. The number of hydrazone groups is 1. The van der Waals surface area contributed by atoms with Gasteiger partial charge in [0.15, 0.2) is 0 Å². The van der Waals surface area contributed by atoms with E-state index in [9.17, 15) is 4.79 Å². The van der Waals surface area contributed by atoms with Crippen molar-refractivity contribution < 1.29 is 9.21 Å². The Morgan fingerprint density at radius 1 is 1.08 bits per heavy atom. The van der Waals surface area contributed by atoms with Gasteiger partial charge in [-0.05, 0) is 48.5 Å². The van der Waals surface area contributed by atoms with E-state index in [0.29, 0.717) is 22.1 Å². The number of nitrogens with one attached hydrogen (secondary N) is 1. The van der Waals surface area contributed by atoms with Crippen molar-refractivity contribution in [1.29, 1.82) is 0 Å². The molecule has 1 N–H and O–H groups in total. The van der Waals surface area contributed by atoms with Gasteiger partial charge < -0.3 is 4.42 Å². The molecule has 6 heteroatoms. The number of carbonyl (C=O) groups is 1. The normalized spacial score (nSPS) is 10.9. The number of furan rings is 1. The minimum absolute atomic E-state index is 0.295. The summed E-state index contributed by atoms with van der Waals surface area (Å²) < 4.78 is 6.57. The zero-order chi connectivity index (χ0) is 16.9. The van der Waals surface area contributed by atoms with Gasteiger partial charge in [0, 0.05) is 15.6 Å². The molecule has 0 spiro atoms. The van der Waals surface area contributed by atoms with Gasteiger partial charge in [0.1, 0.15) is 11.5 Å². The molecular formula is C18H12BrClN2O2. The Morgan fingerprint density at radius 3 is 2.58 bits per heavy atom. The maximum Gasteiger partial charge on any atom is 0.271 e. The molecule has 0 bridgehead atoms. The first-order valence-corrected chi connectivity index (χ1v) is 8.24. The van der Waals surface area contributed by atoms with Gasteiger partial charge >= 0.3 is 0 Å². The molecule has 1 aromatic heterocycles. The molecule has 3 rings (SSSR count). The minimum atomic E-state index is -0.295. The van der Waals surface area contributed by atoms with Crippen LogP contribution < -0.4 is 5.43 Å². The standard InChI is InChI=1S/C18H12BrClN2O2/c19-13-7-5-12(6-8-13)18(23)22-21-11-14-9-10-17(24-14)15-3-1-2-4-16(15)20/h1-11H,(H,22,23)/b21-11-. The second-order valence-corrected chi connectivity index (χ2v) is 6.21. The quantitative estimate of drug-likeness (QED) is 0.485. The van der Waals surface area contributed by atoms with Crippen LogP contribution in [0.3, 0.4) is 0 Å². The average Bonchev–Trinajstić information content (AvgIpc) is 3.04. The Hall–Kier alpha value is -2.37. The Morgan fingerprint density at radius 2 is 1.83 bits per heavy atom. The number of benzene rings is 2. The highest BCUT2D eigenvalue weighted by molar-refractivity contribution is 9.10. The van der Waals surface area contributed by atoms with E-state index in [-0.39, 0.29) is 5.91 Å². The van der Waals surface area contributed by atoms with Crippen molar-refractivity contribution in [3.8, 4) is 11.3 Å². The first kappa shape index (κ1) is 16.5. The fraction of sp³-hybridized carbons (Fsp3) is 0. The molecule has 1 heterocycles. The fourth-order valence-corrected chi connectivity index (χ4v) is 2.54. The lowest BCUT2D eigenvalue weighted by molar-refractivity contribution is 0.0955. The molecule has 3 aromatic rings. The lowest BCUT2D eigenvalue weighted by Crippen LogP contribution is -2.17. The molecule has 120 valence electrons. The van der Waals surface area contributed by atoms with Crippen LogP contribution in [-0.2, 0) is 0 Å². The number of rotatable bonds is 4. The zero-order valence-corrected chi connectivity index (χ0v) is 14.7. The molecule has 0 saturated carbocycles. The first-order valence-electron chi connectivity index (χ1n) is 7.07. The molecule has 0 aliphatic heterocycles. The number of nitrogens with zero attached hydrogens (tertiary/aromatic N) is 1. The minimum Gasteiger partial charge on any atom is -0.455 e. The lowest BCUT2D eigenvalue weighted by Gasteiger charge is -2.00. The van der Waals surface area contributed by atoms with E-state index in [4.69, 9.17) is 16.0 Å². The van der Waals surface area contributed by atoms with Crippen LogP contribution in [0.2, 0.25) is 5.02 Å². The van der Waals surface area contributed by atoms with Crippen LogP contribution >= 0.6 is 27.5 Å². The van der Waals surface area contributed by atoms with E-state index in [0.717, 1.165) is 10.0 Å². The third-order valence-corrected chi connectivity index (χ3v) is 4.09. The van der Waals surface area contributed by atoms with Crippen LogP contribution in [0.25, 0.3) is 11.3 Å². The summed E-state index contributed by atoms with van der Waals surface area (Å²) in [5, 5.41) is 4.52. The summed E-state index contributed by atoms with van der Waals surface area (Å²) in [5.74, 6) is 0.860. The van der Waals surface area contributed by atoms with Crippen molar-refractivity contribution in [2.75, 3.05) is 0 Å². The van der Waals surface area contributed by atoms with E-state index in [1.165, 1.54) is 6.21 Å². The van der Waals surface area contributed by atoms with Gasteiger partial charge in [-0.3, -0.25) is 4.79 Å². The molecule has 0 atom stereocenters. The first-order chi connectivity index (χ1) is 11.6. The monoisotopic (exact) mass is 402 g/mol. The molecule has 0 saturated heterocycles. The van der Waals surface area contributed by atoms with E-state index >= 15 is 0 Å². The van der Waals surface area contributed by atoms with Gasteiger partial charge in [0.25, 0.3) is 5.91 Å². The number of hydrogen-bond acceptors (Lipinski definition) is 3. The van der Waals surface area contributed by atoms with Gasteiger partial charge in [-0.25, -0.2) is 5.43 Å². The van der Waals surface area contributed by atoms with E-state index in [1.54, 1.807) is 42.5 Å². The maximum atomic E-state index is 11.9. The second-order valence-electron chi connectivity index (χ2n) is 4.89. The van der Waals surface area contributed by atoms with E-state index in [1.807, 2.05) is 18.2 Å². The van der Waals surface area contributed by atoms with Crippen molar-refractivity contribution in [3.63, 3.8) is 0 Å². The number of amides is 1. The predicted octanol–water partition coefficient (Wildman–Crippen LogP) is 5.13. The van der Waals surface area contributed by atoms with Crippen LogP contribution in [0.1, 0.15) is 16.1 Å². The smallest absolute Gasteiger partial charge is 0.271 e. The Balaban J connectivity index is 1.66. The highest BCUT2D eigenvalue weighted by atomic mass is 79.9. The van der Waals surface area contributed by atoms with Gasteiger partial charge in [-0.1, -0.05) is 39.7 Å². The summed E-state index contributed by atoms with van der Waals surface area (Å²) >= 11 is 9.46. The van der Waals surface area contributed by atoms with Crippen LogP contribution in [0.5, 0.6) is 0 Å². The summed E-state index contributed by atoms with van der Waals surface area (Å²) in [7, 11) is 0.